The summed E-state index contributed by atoms with van der Waals surface area (Å²) in [5.41, 5.74) is 4.19. The maximum atomic E-state index is 13.0. The van der Waals surface area contributed by atoms with Gasteiger partial charge in [-0.2, -0.15) is 5.10 Å². The molecule has 18 heavy (non-hydrogen) atoms. The number of rotatable bonds is 4. The van der Waals surface area contributed by atoms with E-state index in [1.54, 1.807) is 12.1 Å². The monoisotopic (exact) mass is 267 g/mol. The molecule has 0 saturated carbocycles. The SMILES string of the molecule is Cc1n[nH]c(C)c1CNCc1ccc(F)c(Cl)c1. The van der Waals surface area contributed by atoms with Gasteiger partial charge in [-0.1, -0.05) is 17.7 Å². The fraction of sp³-hybridized carbons (Fsp3) is 0.308. The average molecular weight is 268 g/mol. The van der Waals surface area contributed by atoms with Crippen molar-refractivity contribution >= 4 is 11.6 Å². The zero-order valence-electron chi connectivity index (χ0n) is 10.3. The van der Waals surface area contributed by atoms with Crippen LogP contribution in [0.5, 0.6) is 0 Å². The van der Waals surface area contributed by atoms with E-state index in [0.717, 1.165) is 23.5 Å². The van der Waals surface area contributed by atoms with Gasteiger partial charge in [0.2, 0.25) is 0 Å². The largest absolute Gasteiger partial charge is 0.308 e. The van der Waals surface area contributed by atoms with Crippen LogP contribution in [0.1, 0.15) is 22.5 Å². The van der Waals surface area contributed by atoms with Crippen molar-refractivity contribution < 1.29 is 4.39 Å². The Kier molecular flexibility index (Phi) is 3.99. The maximum absolute atomic E-state index is 13.0. The molecule has 0 amide bonds. The second-order valence-corrected chi connectivity index (χ2v) is 4.67. The highest BCUT2D eigenvalue weighted by Crippen LogP contribution is 2.16. The minimum atomic E-state index is -0.387. The molecule has 0 radical (unpaired) electrons. The normalized spacial score (nSPS) is 10.9. The summed E-state index contributed by atoms with van der Waals surface area (Å²) in [6.07, 6.45) is 0. The Bertz CT molecular complexity index is 532. The lowest BCUT2D eigenvalue weighted by atomic mass is 10.2. The minimum absolute atomic E-state index is 0.157. The number of H-pyrrole nitrogens is 1. The summed E-state index contributed by atoms with van der Waals surface area (Å²) in [6.45, 7) is 5.33. The number of nitrogens with one attached hydrogen (secondary N) is 2. The van der Waals surface area contributed by atoms with E-state index in [0.29, 0.717) is 6.54 Å². The van der Waals surface area contributed by atoms with Crippen LogP contribution in [0, 0.1) is 19.7 Å². The predicted octanol–water partition coefficient (Wildman–Crippen LogP) is 3.11. The van der Waals surface area contributed by atoms with E-state index in [4.69, 9.17) is 11.6 Å². The molecule has 2 aromatic rings. The topological polar surface area (TPSA) is 40.7 Å². The lowest BCUT2D eigenvalue weighted by Crippen LogP contribution is -2.13. The number of hydrogen-bond acceptors (Lipinski definition) is 2. The molecule has 1 aromatic heterocycles. The van der Waals surface area contributed by atoms with Gasteiger partial charge in [0.25, 0.3) is 0 Å². The Labute approximate surface area is 110 Å². The second-order valence-electron chi connectivity index (χ2n) is 4.26. The van der Waals surface area contributed by atoms with Crippen LogP contribution in [0.3, 0.4) is 0 Å². The van der Waals surface area contributed by atoms with E-state index in [1.807, 2.05) is 13.8 Å². The first-order valence-electron chi connectivity index (χ1n) is 5.73. The molecule has 5 heteroatoms. The maximum Gasteiger partial charge on any atom is 0.141 e. The lowest BCUT2D eigenvalue weighted by molar-refractivity contribution is 0.625. The van der Waals surface area contributed by atoms with Gasteiger partial charge in [-0.25, -0.2) is 4.39 Å². The van der Waals surface area contributed by atoms with Crippen molar-refractivity contribution in [2.24, 2.45) is 0 Å². The van der Waals surface area contributed by atoms with Crippen molar-refractivity contribution in [3.63, 3.8) is 0 Å². The van der Waals surface area contributed by atoms with Gasteiger partial charge in [0.05, 0.1) is 10.7 Å². The van der Waals surface area contributed by atoms with Crippen molar-refractivity contribution in [3.8, 4) is 0 Å². The molecule has 3 nitrogen and oxygen atoms in total. The Balaban J connectivity index is 1.94. The molecule has 2 rings (SSSR count). The zero-order chi connectivity index (χ0) is 13.1. The van der Waals surface area contributed by atoms with Crippen LogP contribution in [-0.4, -0.2) is 10.2 Å². The van der Waals surface area contributed by atoms with E-state index in [-0.39, 0.29) is 10.8 Å². The standard InChI is InChI=1S/C13H15ClFN3/c1-8-11(9(2)18-17-8)7-16-6-10-3-4-13(15)12(14)5-10/h3-5,16H,6-7H2,1-2H3,(H,17,18). The average Bonchev–Trinajstić information content (AvgIpc) is 2.65. The van der Waals surface area contributed by atoms with Crippen LogP contribution in [0.15, 0.2) is 18.2 Å². The fourth-order valence-corrected chi connectivity index (χ4v) is 2.02. The highest BCUT2D eigenvalue weighted by atomic mass is 35.5. The van der Waals surface area contributed by atoms with E-state index in [2.05, 4.69) is 15.5 Å². The van der Waals surface area contributed by atoms with Crippen LogP contribution < -0.4 is 5.32 Å². The Morgan fingerprint density at radius 3 is 2.72 bits per heavy atom. The smallest absolute Gasteiger partial charge is 0.141 e. The molecule has 0 atom stereocenters. The van der Waals surface area contributed by atoms with Crippen molar-refractivity contribution in [3.05, 3.63) is 51.6 Å². The number of halogens is 2. The molecule has 2 N–H and O–H groups in total. The van der Waals surface area contributed by atoms with E-state index in [9.17, 15) is 4.39 Å². The first-order valence-corrected chi connectivity index (χ1v) is 6.11. The Hall–Kier alpha value is -1.39. The van der Waals surface area contributed by atoms with Gasteiger partial charge < -0.3 is 5.32 Å². The molecule has 0 unspecified atom stereocenters. The van der Waals surface area contributed by atoms with E-state index < -0.39 is 0 Å². The Morgan fingerprint density at radius 1 is 1.33 bits per heavy atom. The molecular weight excluding hydrogens is 253 g/mol. The molecule has 0 aliphatic rings. The molecule has 0 aliphatic carbocycles. The summed E-state index contributed by atoms with van der Waals surface area (Å²) in [5.74, 6) is -0.387. The molecular formula is C13H15ClFN3. The number of benzene rings is 1. The summed E-state index contributed by atoms with van der Waals surface area (Å²) in [4.78, 5) is 0. The predicted molar refractivity (Wildman–Crippen MR) is 70.0 cm³/mol. The van der Waals surface area contributed by atoms with Crippen molar-refractivity contribution in [1.29, 1.82) is 0 Å². The summed E-state index contributed by atoms with van der Waals surface area (Å²) in [6, 6.07) is 4.75. The third-order valence-corrected chi connectivity index (χ3v) is 3.19. The molecule has 0 fully saturated rings. The van der Waals surface area contributed by atoms with Crippen molar-refractivity contribution in [2.45, 2.75) is 26.9 Å². The number of aromatic nitrogens is 2. The van der Waals surface area contributed by atoms with Gasteiger partial charge in [0, 0.05) is 24.3 Å². The van der Waals surface area contributed by atoms with E-state index >= 15 is 0 Å². The highest BCUT2D eigenvalue weighted by molar-refractivity contribution is 6.30. The van der Waals surface area contributed by atoms with Crippen LogP contribution in [0.4, 0.5) is 4.39 Å². The molecule has 96 valence electrons. The van der Waals surface area contributed by atoms with E-state index in [1.165, 1.54) is 11.6 Å². The first-order chi connectivity index (χ1) is 8.58. The van der Waals surface area contributed by atoms with Crippen molar-refractivity contribution in [1.82, 2.24) is 15.5 Å². The van der Waals surface area contributed by atoms with Gasteiger partial charge in [0.15, 0.2) is 0 Å². The second kappa shape index (κ2) is 5.50. The third kappa shape index (κ3) is 2.89. The summed E-state index contributed by atoms with van der Waals surface area (Å²) in [5, 5.41) is 10.5. The minimum Gasteiger partial charge on any atom is -0.308 e. The summed E-state index contributed by atoms with van der Waals surface area (Å²) in [7, 11) is 0. The molecule has 0 spiro atoms. The third-order valence-electron chi connectivity index (χ3n) is 2.90. The van der Waals surface area contributed by atoms with Gasteiger partial charge in [-0.05, 0) is 31.5 Å². The fourth-order valence-electron chi connectivity index (χ4n) is 1.82. The highest BCUT2D eigenvalue weighted by Gasteiger charge is 2.06. The first kappa shape index (κ1) is 13.1. The van der Waals surface area contributed by atoms with Crippen LogP contribution >= 0.6 is 11.6 Å². The van der Waals surface area contributed by atoms with Crippen LogP contribution in [-0.2, 0) is 13.1 Å². The molecule has 0 bridgehead atoms. The number of aryl methyl sites for hydroxylation is 2. The van der Waals surface area contributed by atoms with Gasteiger partial charge >= 0.3 is 0 Å². The number of hydrogen-bond donors (Lipinski definition) is 2. The number of aromatic amines is 1. The summed E-state index contributed by atoms with van der Waals surface area (Å²) < 4.78 is 13.0. The van der Waals surface area contributed by atoms with Gasteiger partial charge in [-0.3, -0.25) is 5.10 Å². The lowest BCUT2D eigenvalue weighted by Gasteiger charge is -2.06. The van der Waals surface area contributed by atoms with Crippen LogP contribution in [0.25, 0.3) is 0 Å². The quantitative estimate of drug-likeness (QED) is 0.894. The molecule has 0 saturated heterocycles. The molecule has 1 aromatic carbocycles. The zero-order valence-corrected chi connectivity index (χ0v) is 11.1. The van der Waals surface area contributed by atoms with Gasteiger partial charge in [0.1, 0.15) is 5.82 Å². The van der Waals surface area contributed by atoms with Crippen LogP contribution in [0.2, 0.25) is 5.02 Å². The van der Waals surface area contributed by atoms with Gasteiger partial charge in [-0.15, -0.1) is 0 Å². The summed E-state index contributed by atoms with van der Waals surface area (Å²) >= 11 is 5.72. The Morgan fingerprint density at radius 2 is 2.11 bits per heavy atom. The molecule has 1 heterocycles. The number of nitrogens with zero attached hydrogens (tertiary/aromatic N) is 1. The van der Waals surface area contributed by atoms with Crippen molar-refractivity contribution in [2.75, 3.05) is 0 Å². The molecule has 0 aliphatic heterocycles.